The lowest BCUT2D eigenvalue weighted by Gasteiger charge is -2.12. The van der Waals surface area contributed by atoms with Gasteiger partial charge < -0.3 is 4.74 Å². The summed E-state index contributed by atoms with van der Waals surface area (Å²) in [5.74, 6) is -0.407. The van der Waals surface area contributed by atoms with Crippen LogP contribution in [-0.4, -0.2) is 21.5 Å². The first kappa shape index (κ1) is 22.6. The molecule has 0 unspecified atom stereocenters. The van der Waals surface area contributed by atoms with E-state index in [9.17, 15) is 25.0 Å². The van der Waals surface area contributed by atoms with E-state index >= 15 is 0 Å². The Morgan fingerprint density at radius 1 is 0.971 bits per heavy atom. The SMILES string of the molecule is CC1=NN(c2ccccc2)C(=O)/C1=C/c1cc(Cl)ccc1Oc1ccc([N+](=O)[O-])cc1[N+](=O)[O-]. The molecule has 11 heteroatoms. The van der Waals surface area contributed by atoms with E-state index in [2.05, 4.69) is 5.10 Å². The number of non-ortho nitro benzene ring substituents is 1. The molecule has 4 rings (SSSR count). The zero-order chi connectivity index (χ0) is 24.4. The molecule has 3 aromatic carbocycles. The van der Waals surface area contributed by atoms with Crippen molar-refractivity contribution in [1.82, 2.24) is 0 Å². The van der Waals surface area contributed by atoms with Gasteiger partial charge in [0.15, 0.2) is 0 Å². The highest BCUT2D eigenvalue weighted by Crippen LogP contribution is 2.37. The molecule has 34 heavy (non-hydrogen) atoms. The molecule has 1 amide bonds. The van der Waals surface area contributed by atoms with E-state index in [0.717, 1.165) is 18.2 Å². The first-order valence-corrected chi connectivity index (χ1v) is 10.2. The lowest BCUT2D eigenvalue weighted by molar-refractivity contribution is -0.394. The normalized spacial score (nSPS) is 14.3. The Bertz CT molecular complexity index is 1390. The third-order valence-corrected chi connectivity index (χ3v) is 5.14. The van der Waals surface area contributed by atoms with Crippen molar-refractivity contribution in [2.75, 3.05) is 5.01 Å². The van der Waals surface area contributed by atoms with E-state index in [0.29, 0.717) is 22.0 Å². The number of halogens is 1. The number of hydrogen-bond acceptors (Lipinski definition) is 7. The Kier molecular flexibility index (Phi) is 6.07. The van der Waals surface area contributed by atoms with Crippen LogP contribution < -0.4 is 9.75 Å². The average molecular weight is 479 g/mol. The number of hydrogen-bond donors (Lipinski definition) is 0. The monoisotopic (exact) mass is 478 g/mol. The highest BCUT2D eigenvalue weighted by Gasteiger charge is 2.29. The lowest BCUT2D eigenvalue weighted by atomic mass is 10.1. The van der Waals surface area contributed by atoms with Gasteiger partial charge in [-0.3, -0.25) is 25.0 Å². The predicted molar refractivity (Wildman–Crippen MR) is 126 cm³/mol. The smallest absolute Gasteiger partial charge is 0.318 e. The van der Waals surface area contributed by atoms with Crippen molar-refractivity contribution >= 4 is 46.4 Å². The summed E-state index contributed by atoms with van der Waals surface area (Å²) >= 11 is 6.15. The van der Waals surface area contributed by atoms with Crippen molar-refractivity contribution in [1.29, 1.82) is 0 Å². The summed E-state index contributed by atoms with van der Waals surface area (Å²) < 4.78 is 5.75. The maximum atomic E-state index is 13.0. The minimum Gasteiger partial charge on any atom is -0.449 e. The fraction of sp³-hybridized carbons (Fsp3) is 0.0435. The van der Waals surface area contributed by atoms with E-state index < -0.39 is 21.2 Å². The molecular weight excluding hydrogens is 464 g/mol. The van der Waals surface area contributed by atoms with Gasteiger partial charge in [-0.2, -0.15) is 10.1 Å². The van der Waals surface area contributed by atoms with Crippen molar-refractivity contribution in [2.24, 2.45) is 5.10 Å². The van der Waals surface area contributed by atoms with Crippen molar-refractivity contribution in [3.05, 3.63) is 103 Å². The summed E-state index contributed by atoms with van der Waals surface area (Å²) in [7, 11) is 0. The first-order valence-electron chi connectivity index (χ1n) is 9.81. The minimum absolute atomic E-state index is 0.160. The first-order chi connectivity index (χ1) is 16.2. The number of carbonyl (C=O) groups is 1. The Hall–Kier alpha value is -4.57. The van der Waals surface area contributed by atoms with Crippen LogP contribution in [0.3, 0.4) is 0 Å². The molecule has 0 spiro atoms. The molecule has 0 atom stereocenters. The number of para-hydroxylation sites is 1. The Morgan fingerprint density at radius 3 is 2.35 bits per heavy atom. The second kappa shape index (κ2) is 9.12. The third kappa shape index (κ3) is 4.48. The van der Waals surface area contributed by atoms with E-state index in [4.69, 9.17) is 16.3 Å². The van der Waals surface area contributed by atoms with Crippen molar-refractivity contribution < 1.29 is 19.4 Å². The minimum atomic E-state index is -0.772. The van der Waals surface area contributed by atoms with Gasteiger partial charge in [-0.05, 0) is 49.4 Å². The number of carbonyl (C=O) groups excluding carboxylic acids is 1. The third-order valence-electron chi connectivity index (χ3n) is 4.90. The second-order valence-corrected chi connectivity index (χ2v) is 7.58. The summed E-state index contributed by atoms with van der Waals surface area (Å²) in [6.45, 7) is 1.68. The molecule has 10 nitrogen and oxygen atoms in total. The molecule has 1 heterocycles. The Morgan fingerprint density at radius 2 is 1.68 bits per heavy atom. The summed E-state index contributed by atoms with van der Waals surface area (Å²) in [6.07, 6.45) is 1.53. The van der Waals surface area contributed by atoms with Gasteiger partial charge in [0.25, 0.3) is 11.6 Å². The number of nitrogens with zero attached hydrogens (tertiary/aromatic N) is 4. The van der Waals surface area contributed by atoms with Gasteiger partial charge in [0.2, 0.25) is 5.75 Å². The van der Waals surface area contributed by atoms with Crippen LogP contribution in [0.1, 0.15) is 12.5 Å². The van der Waals surface area contributed by atoms with Gasteiger partial charge in [-0.15, -0.1) is 0 Å². The molecule has 3 aromatic rings. The predicted octanol–water partition coefficient (Wildman–Crippen LogP) is 5.75. The lowest BCUT2D eigenvalue weighted by Crippen LogP contribution is -2.21. The molecule has 1 aliphatic rings. The Balaban J connectivity index is 1.73. The second-order valence-electron chi connectivity index (χ2n) is 7.15. The number of benzene rings is 3. The van der Waals surface area contributed by atoms with Crippen LogP contribution in [-0.2, 0) is 4.79 Å². The molecule has 0 saturated carbocycles. The fourth-order valence-corrected chi connectivity index (χ4v) is 3.46. The molecule has 0 saturated heterocycles. The van der Waals surface area contributed by atoms with E-state index in [1.54, 1.807) is 31.2 Å². The zero-order valence-electron chi connectivity index (χ0n) is 17.5. The van der Waals surface area contributed by atoms with Crippen LogP contribution in [0.5, 0.6) is 11.5 Å². The van der Waals surface area contributed by atoms with Crippen LogP contribution >= 0.6 is 11.6 Å². The quantitative estimate of drug-likeness (QED) is 0.252. The topological polar surface area (TPSA) is 128 Å². The van der Waals surface area contributed by atoms with Gasteiger partial charge in [-0.25, -0.2) is 0 Å². The van der Waals surface area contributed by atoms with Gasteiger partial charge >= 0.3 is 5.69 Å². The van der Waals surface area contributed by atoms with Crippen LogP contribution in [0.2, 0.25) is 5.02 Å². The number of ether oxygens (including phenoxy) is 1. The van der Waals surface area contributed by atoms with Crippen molar-refractivity contribution in [2.45, 2.75) is 6.92 Å². The van der Waals surface area contributed by atoms with Gasteiger partial charge in [0.1, 0.15) is 5.75 Å². The highest BCUT2D eigenvalue weighted by molar-refractivity contribution is 6.33. The molecule has 0 aliphatic carbocycles. The van der Waals surface area contributed by atoms with Crippen molar-refractivity contribution in [3.63, 3.8) is 0 Å². The van der Waals surface area contributed by atoms with Gasteiger partial charge in [-0.1, -0.05) is 29.8 Å². The van der Waals surface area contributed by atoms with Crippen LogP contribution in [0, 0.1) is 20.2 Å². The molecular formula is C23H15ClN4O6. The molecule has 0 aromatic heterocycles. The fourth-order valence-electron chi connectivity index (χ4n) is 3.28. The summed E-state index contributed by atoms with van der Waals surface area (Å²) in [6, 6.07) is 16.5. The summed E-state index contributed by atoms with van der Waals surface area (Å²) in [5.41, 5.74) is 0.692. The van der Waals surface area contributed by atoms with E-state index in [1.807, 2.05) is 6.07 Å². The standard InChI is InChI=1S/C23H15ClN4O6/c1-14-19(23(29)26(25-14)17-5-3-2-4-6-17)12-15-11-16(24)7-9-21(15)34-22-10-8-18(27(30)31)13-20(22)28(32)33/h2-13H,1H3/b19-12+. The van der Waals surface area contributed by atoms with Crippen LogP contribution in [0.15, 0.2) is 77.4 Å². The van der Waals surface area contributed by atoms with Gasteiger partial charge in [0, 0.05) is 16.7 Å². The molecule has 0 N–H and O–H groups in total. The molecule has 0 radical (unpaired) electrons. The molecule has 0 bridgehead atoms. The number of nitro benzene ring substituents is 2. The van der Waals surface area contributed by atoms with E-state index in [-0.39, 0.29) is 23.0 Å². The number of nitro groups is 2. The van der Waals surface area contributed by atoms with Crippen molar-refractivity contribution in [3.8, 4) is 11.5 Å². The number of anilines is 1. The Labute approximate surface area is 197 Å². The average Bonchev–Trinajstić information content (AvgIpc) is 3.09. The number of hydrazone groups is 1. The number of rotatable bonds is 6. The summed E-state index contributed by atoms with van der Waals surface area (Å²) in [4.78, 5) is 34.0. The van der Waals surface area contributed by atoms with Crippen LogP contribution in [0.25, 0.3) is 6.08 Å². The highest BCUT2D eigenvalue weighted by atomic mass is 35.5. The number of amides is 1. The largest absolute Gasteiger partial charge is 0.449 e. The maximum absolute atomic E-state index is 13.0. The maximum Gasteiger partial charge on any atom is 0.318 e. The van der Waals surface area contributed by atoms with Gasteiger partial charge in [0.05, 0.1) is 32.9 Å². The summed E-state index contributed by atoms with van der Waals surface area (Å²) in [5, 5.41) is 28.4. The van der Waals surface area contributed by atoms with Crippen LogP contribution in [0.4, 0.5) is 17.1 Å². The molecule has 0 fully saturated rings. The molecule has 170 valence electrons. The van der Waals surface area contributed by atoms with E-state index in [1.165, 1.54) is 29.3 Å². The molecule has 1 aliphatic heterocycles. The zero-order valence-corrected chi connectivity index (χ0v) is 18.3.